The molecule has 0 aliphatic heterocycles. The SMILES string of the molecule is C=CCC(O)[C@H](C)N(CC)C(C)=O.CCN(C(C)=O)[C@@H](C)C(O)CC(O)CO. The van der Waals surface area contributed by atoms with Gasteiger partial charge in [0.05, 0.1) is 37.0 Å². The van der Waals surface area contributed by atoms with Crippen LogP contribution in [0.1, 0.15) is 54.4 Å². The Morgan fingerprint density at radius 3 is 1.61 bits per heavy atom. The van der Waals surface area contributed by atoms with Crippen molar-refractivity contribution in [3.8, 4) is 0 Å². The summed E-state index contributed by atoms with van der Waals surface area (Å²) < 4.78 is 0. The maximum absolute atomic E-state index is 11.2. The van der Waals surface area contributed by atoms with E-state index in [-0.39, 0.29) is 36.9 Å². The third kappa shape index (κ3) is 10.8. The van der Waals surface area contributed by atoms with Gasteiger partial charge in [0.1, 0.15) is 0 Å². The molecule has 5 atom stereocenters. The molecular weight excluding hydrogens is 364 g/mol. The minimum atomic E-state index is -0.937. The maximum atomic E-state index is 11.2. The zero-order valence-electron chi connectivity index (χ0n) is 18.2. The molecule has 0 rings (SSSR count). The van der Waals surface area contributed by atoms with Gasteiger partial charge in [-0.25, -0.2) is 0 Å². The quantitative estimate of drug-likeness (QED) is 0.373. The van der Waals surface area contributed by atoms with Crippen LogP contribution < -0.4 is 0 Å². The van der Waals surface area contributed by atoms with Crippen molar-refractivity contribution in [1.29, 1.82) is 0 Å². The van der Waals surface area contributed by atoms with E-state index in [9.17, 15) is 19.8 Å². The van der Waals surface area contributed by atoms with Crippen LogP contribution in [0.15, 0.2) is 12.7 Å². The molecular formula is C20H40N2O6. The van der Waals surface area contributed by atoms with Gasteiger partial charge in [-0.2, -0.15) is 0 Å². The van der Waals surface area contributed by atoms with E-state index in [0.717, 1.165) is 0 Å². The molecule has 3 unspecified atom stereocenters. The lowest BCUT2D eigenvalue weighted by Crippen LogP contribution is -2.45. The third-order valence-electron chi connectivity index (χ3n) is 4.72. The van der Waals surface area contributed by atoms with Crippen LogP contribution in [-0.4, -0.2) is 92.1 Å². The lowest BCUT2D eigenvalue weighted by molar-refractivity contribution is -0.134. The van der Waals surface area contributed by atoms with Crippen molar-refractivity contribution in [3.63, 3.8) is 0 Å². The summed E-state index contributed by atoms with van der Waals surface area (Å²) in [4.78, 5) is 25.5. The third-order valence-corrected chi connectivity index (χ3v) is 4.72. The lowest BCUT2D eigenvalue weighted by Gasteiger charge is -2.31. The molecule has 0 aliphatic rings. The molecule has 0 heterocycles. The first-order chi connectivity index (χ1) is 13.0. The van der Waals surface area contributed by atoms with Gasteiger partial charge in [-0.3, -0.25) is 9.59 Å². The van der Waals surface area contributed by atoms with Crippen LogP contribution in [0.5, 0.6) is 0 Å². The highest BCUT2D eigenvalue weighted by Crippen LogP contribution is 2.10. The molecule has 0 spiro atoms. The van der Waals surface area contributed by atoms with Crippen LogP contribution in [-0.2, 0) is 9.59 Å². The first-order valence-electron chi connectivity index (χ1n) is 9.78. The fraction of sp³-hybridized carbons (Fsp3) is 0.800. The molecule has 166 valence electrons. The molecule has 0 radical (unpaired) electrons. The Morgan fingerprint density at radius 1 is 0.929 bits per heavy atom. The Kier molecular flexibility index (Phi) is 15.8. The number of likely N-dealkylation sites (N-methyl/N-ethyl adjacent to an activating group) is 2. The van der Waals surface area contributed by atoms with Crippen LogP contribution in [0.3, 0.4) is 0 Å². The number of hydrogen-bond acceptors (Lipinski definition) is 6. The van der Waals surface area contributed by atoms with Gasteiger partial charge >= 0.3 is 0 Å². The van der Waals surface area contributed by atoms with Crippen molar-refractivity contribution in [2.75, 3.05) is 19.7 Å². The predicted molar refractivity (Wildman–Crippen MR) is 110 cm³/mol. The minimum Gasteiger partial charge on any atom is -0.394 e. The minimum absolute atomic E-state index is 0.00175. The molecule has 28 heavy (non-hydrogen) atoms. The average molecular weight is 405 g/mol. The van der Waals surface area contributed by atoms with Gasteiger partial charge in [0.2, 0.25) is 11.8 Å². The van der Waals surface area contributed by atoms with Crippen LogP contribution in [0.2, 0.25) is 0 Å². The summed E-state index contributed by atoms with van der Waals surface area (Å²) in [5.74, 6) is -0.111. The van der Waals surface area contributed by atoms with E-state index in [0.29, 0.717) is 19.5 Å². The van der Waals surface area contributed by atoms with Crippen LogP contribution >= 0.6 is 0 Å². The normalized spacial score (nSPS) is 15.9. The second kappa shape index (κ2) is 15.4. The largest absolute Gasteiger partial charge is 0.394 e. The summed E-state index contributed by atoms with van der Waals surface area (Å²) >= 11 is 0. The number of aliphatic hydroxyl groups excluding tert-OH is 4. The first kappa shape index (κ1) is 28.7. The van der Waals surface area contributed by atoms with E-state index in [1.165, 1.54) is 18.7 Å². The Bertz CT molecular complexity index is 460. The van der Waals surface area contributed by atoms with Crippen molar-refractivity contribution in [1.82, 2.24) is 9.80 Å². The fourth-order valence-electron chi connectivity index (χ4n) is 2.93. The number of carbonyl (C=O) groups is 2. The van der Waals surface area contributed by atoms with Crippen LogP contribution in [0.25, 0.3) is 0 Å². The maximum Gasteiger partial charge on any atom is 0.219 e. The second-order valence-electron chi connectivity index (χ2n) is 6.82. The van der Waals surface area contributed by atoms with E-state index in [1.54, 1.807) is 17.9 Å². The van der Waals surface area contributed by atoms with Crippen LogP contribution in [0.4, 0.5) is 0 Å². The standard InChI is InChI=1S/C10H21NO4.C10H19NO2/c1-4-11(8(3)13)7(2)10(15)5-9(14)6-12;1-5-7-10(13)8(3)11(6-2)9(4)12/h7,9-10,12,14-15H,4-6H2,1-3H3;5,8,10,13H,1,6-7H2,2-4H3/t7-,9?,10?;8-,10?/m00/s1. The molecule has 0 aliphatic carbocycles. The summed E-state index contributed by atoms with van der Waals surface area (Å²) in [6.45, 7) is 14.6. The molecule has 0 saturated heterocycles. The topological polar surface area (TPSA) is 122 Å². The highest BCUT2D eigenvalue weighted by Gasteiger charge is 2.24. The van der Waals surface area contributed by atoms with Gasteiger partial charge in [0.25, 0.3) is 0 Å². The highest BCUT2D eigenvalue weighted by atomic mass is 16.3. The Hall–Kier alpha value is -1.48. The molecule has 2 amide bonds. The van der Waals surface area contributed by atoms with Crippen LogP contribution in [0, 0.1) is 0 Å². The molecule has 0 saturated carbocycles. The van der Waals surface area contributed by atoms with Gasteiger partial charge in [0.15, 0.2) is 0 Å². The van der Waals surface area contributed by atoms with E-state index in [2.05, 4.69) is 6.58 Å². The van der Waals surface area contributed by atoms with Gasteiger partial charge in [-0.15, -0.1) is 6.58 Å². The van der Waals surface area contributed by atoms with Crippen molar-refractivity contribution in [3.05, 3.63) is 12.7 Å². The molecule has 0 aromatic rings. The summed E-state index contributed by atoms with van der Waals surface area (Å²) in [6.07, 6.45) is -0.0212. The van der Waals surface area contributed by atoms with Gasteiger partial charge in [0, 0.05) is 33.4 Å². The van der Waals surface area contributed by atoms with Crippen molar-refractivity contribution >= 4 is 11.8 Å². The van der Waals surface area contributed by atoms with Gasteiger partial charge in [-0.05, 0) is 34.1 Å². The van der Waals surface area contributed by atoms with E-state index >= 15 is 0 Å². The summed E-state index contributed by atoms with van der Waals surface area (Å²) in [6, 6.07) is -0.491. The lowest BCUT2D eigenvalue weighted by atomic mass is 10.0. The van der Waals surface area contributed by atoms with Gasteiger partial charge < -0.3 is 30.2 Å². The number of amides is 2. The molecule has 0 aromatic carbocycles. The fourth-order valence-corrected chi connectivity index (χ4v) is 2.93. The molecule has 0 aromatic heterocycles. The van der Waals surface area contributed by atoms with E-state index < -0.39 is 18.3 Å². The molecule has 0 fully saturated rings. The smallest absolute Gasteiger partial charge is 0.219 e. The van der Waals surface area contributed by atoms with E-state index in [4.69, 9.17) is 10.2 Å². The summed E-state index contributed by atoms with van der Waals surface area (Å²) in [5.41, 5.74) is 0. The molecule has 4 N–H and O–H groups in total. The monoisotopic (exact) mass is 404 g/mol. The number of aliphatic hydroxyl groups is 4. The van der Waals surface area contributed by atoms with Crippen molar-refractivity contribution in [2.45, 2.75) is 84.8 Å². The molecule has 8 heteroatoms. The van der Waals surface area contributed by atoms with Gasteiger partial charge in [-0.1, -0.05) is 6.08 Å². The van der Waals surface area contributed by atoms with E-state index in [1.807, 2.05) is 20.8 Å². The summed E-state index contributed by atoms with van der Waals surface area (Å²) in [7, 11) is 0. The second-order valence-corrected chi connectivity index (χ2v) is 6.82. The molecule has 0 bridgehead atoms. The highest BCUT2D eigenvalue weighted by molar-refractivity contribution is 5.73. The first-order valence-corrected chi connectivity index (χ1v) is 9.78. The number of rotatable bonds is 11. The predicted octanol–water partition coefficient (Wildman–Crippen LogP) is 0.528. The molecule has 8 nitrogen and oxygen atoms in total. The van der Waals surface area contributed by atoms with Crippen molar-refractivity contribution in [2.24, 2.45) is 0 Å². The Balaban J connectivity index is 0. The zero-order valence-corrected chi connectivity index (χ0v) is 18.2. The Labute approximate surface area is 169 Å². The number of nitrogens with zero attached hydrogens (tertiary/aromatic N) is 2. The van der Waals surface area contributed by atoms with Crippen molar-refractivity contribution < 1.29 is 30.0 Å². The zero-order chi connectivity index (χ0) is 22.4. The Morgan fingerprint density at radius 2 is 1.32 bits per heavy atom. The summed E-state index contributed by atoms with van der Waals surface area (Å²) in [5, 5.41) is 37.1. The average Bonchev–Trinajstić information content (AvgIpc) is 2.62. The number of hydrogen-bond donors (Lipinski definition) is 4. The number of carbonyl (C=O) groups excluding carboxylic acids is 2.